The van der Waals surface area contributed by atoms with E-state index in [0.29, 0.717) is 11.4 Å². The van der Waals surface area contributed by atoms with Crippen LogP contribution in [-0.2, 0) is 0 Å². The molecule has 0 aliphatic rings. The van der Waals surface area contributed by atoms with Gasteiger partial charge in [-0.1, -0.05) is 121 Å². The highest BCUT2D eigenvalue weighted by molar-refractivity contribution is 6.28. The highest BCUT2D eigenvalue weighted by Crippen LogP contribution is 2.42. The zero-order chi connectivity index (χ0) is 37.7. The fourth-order valence-electron chi connectivity index (χ4n) is 6.22. The molecule has 0 aliphatic heterocycles. The number of hydrogen-bond donors (Lipinski definition) is 0. The van der Waals surface area contributed by atoms with E-state index < -0.39 is 24.2 Å². The molecule has 0 fully saturated rings. The molecule has 9 aromatic rings. The van der Waals surface area contributed by atoms with Crippen LogP contribution in [0.15, 0.2) is 170 Å². The van der Waals surface area contributed by atoms with Crippen LogP contribution in [0.4, 0.5) is 0 Å². The van der Waals surface area contributed by atoms with Crippen LogP contribution in [0.3, 0.4) is 0 Å². The van der Waals surface area contributed by atoms with Gasteiger partial charge in [-0.3, -0.25) is 0 Å². The normalized spacial score (nSPS) is 14.8. The Bertz CT molecular complexity index is 2800. The van der Waals surface area contributed by atoms with Gasteiger partial charge in [0.2, 0.25) is 0 Å². The van der Waals surface area contributed by atoms with Crippen molar-refractivity contribution in [1.29, 1.82) is 0 Å². The maximum absolute atomic E-state index is 9.58. The highest BCUT2D eigenvalue weighted by atomic mass is 15.0. The first-order chi connectivity index (χ1) is 26.0. The predicted molar refractivity (Wildman–Crippen MR) is 186 cm³/mol. The Hall–Kier alpha value is -5.86. The third kappa shape index (κ3) is 3.75. The van der Waals surface area contributed by atoms with Crippen molar-refractivity contribution < 1.29 is 13.7 Å². The van der Waals surface area contributed by atoms with Gasteiger partial charge in [-0.2, -0.15) is 0 Å². The topological polar surface area (TPSA) is 9.86 Å². The SMILES string of the molecule is [2H]c1c([2H])c([2H])c2c(c1[2H])c1c3c4c([2H])c([2H])c([2H])c([2H])c4n(-c4ccc(-c5ccccc5)cc4)c3c([2H])c([2H])c1n2-c1ccc(-c2ccccc2)cc1. The molecule has 0 atom stereocenters. The summed E-state index contributed by atoms with van der Waals surface area (Å²) in [6.45, 7) is 0. The standard InChI is InChI=1S/C42H28N2/c1-3-11-29(12-4-1)31-19-23-33(24-20-31)43-37-17-9-7-15-35(37)41-39(43)27-28-40-42(41)36-16-8-10-18-38(36)44(40)34-25-21-32(22-26-34)30-13-5-2-6-14-30/h1-28H/i7D,8D,9D,10D,15D,16D,17D,18D,27D,28D. The average Bonchev–Trinajstić information content (AvgIpc) is 3.75. The fraction of sp³-hybridized carbons (Fsp3) is 0. The summed E-state index contributed by atoms with van der Waals surface area (Å²) in [5, 5.41) is 0.588. The molecule has 206 valence electrons. The summed E-state index contributed by atoms with van der Waals surface area (Å²) in [6.07, 6.45) is 0. The lowest BCUT2D eigenvalue weighted by Gasteiger charge is -2.11. The van der Waals surface area contributed by atoms with Gasteiger partial charge in [0.1, 0.15) is 0 Å². The van der Waals surface area contributed by atoms with Crippen LogP contribution in [-0.4, -0.2) is 9.13 Å². The molecule has 2 aromatic heterocycles. The second kappa shape index (κ2) is 9.86. The van der Waals surface area contributed by atoms with Gasteiger partial charge in [0.25, 0.3) is 0 Å². The van der Waals surface area contributed by atoms with Crippen LogP contribution in [0.25, 0.3) is 77.2 Å². The van der Waals surface area contributed by atoms with Crippen molar-refractivity contribution in [1.82, 2.24) is 9.13 Å². The summed E-state index contributed by atoms with van der Waals surface area (Å²) in [6, 6.07) is 30.4. The van der Waals surface area contributed by atoms with E-state index in [1.165, 1.54) is 0 Å². The molecule has 9 rings (SSSR count). The monoisotopic (exact) mass is 570 g/mol. The van der Waals surface area contributed by atoms with Gasteiger partial charge < -0.3 is 9.13 Å². The number of benzene rings is 7. The molecule has 7 aromatic carbocycles. The Kier molecular flexibility index (Phi) is 3.74. The van der Waals surface area contributed by atoms with Gasteiger partial charge in [-0.05, 0) is 70.7 Å². The number of hydrogen-bond acceptors (Lipinski definition) is 0. The van der Waals surface area contributed by atoms with Crippen molar-refractivity contribution in [2.24, 2.45) is 0 Å². The summed E-state index contributed by atoms with van der Waals surface area (Å²) in [5.41, 5.74) is 5.22. The Morgan fingerprint density at radius 2 is 0.705 bits per heavy atom. The van der Waals surface area contributed by atoms with E-state index in [-0.39, 0.29) is 79.9 Å². The zero-order valence-electron chi connectivity index (χ0n) is 33.3. The van der Waals surface area contributed by atoms with E-state index in [4.69, 9.17) is 8.22 Å². The van der Waals surface area contributed by atoms with E-state index in [0.717, 1.165) is 22.3 Å². The van der Waals surface area contributed by atoms with Gasteiger partial charge in [-0.15, -0.1) is 0 Å². The van der Waals surface area contributed by atoms with Crippen molar-refractivity contribution in [3.05, 3.63) is 170 Å². The molecule has 44 heavy (non-hydrogen) atoms. The van der Waals surface area contributed by atoms with Gasteiger partial charge in [0.15, 0.2) is 0 Å². The lowest BCUT2D eigenvalue weighted by atomic mass is 10.1. The van der Waals surface area contributed by atoms with E-state index in [1.807, 2.05) is 84.9 Å². The molecular weight excluding hydrogens is 532 g/mol. The van der Waals surface area contributed by atoms with Crippen LogP contribution >= 0.6 is 0 Å². The Balaban J connectivity index is 1.48. The summed E-state index contributed by atoms with van der Waals surface area (Å²) in [4.78, 5) is 0. The number of rotatable bonds is 4. The van der Waals surface area contributed by atoms with Crippen LogP contribution in [0.2, 0.25) is 0 Å². The first-order valence-electron chi connectivity index (χ1n) is 19.3. The third-order valence-electron chi connectivity index (χ3n) is 8.22. The van der Waals surface area contributed by atoms with E-state index >= 15 is 0 Å². The molecule has 0 unspecified atom stereocenters. The fourth-order valence-corrected chi connectivity index (χ4v) is 6.22. The van der Waals surface area contributed by atoms with E-state index in [1.54, 1.807) is 33.4 Å². The minimum atomic E-state index is -0.484. The lowest BCUT2D eigenvalue weighted by molar-refractivity contribution is 1.17. The van der Waals surface area contributed by atoms with Gasteiger partial charge in [0, 0.05) is 32.9 Å². The molecule has 0 radical (unpaired) electrons. The Labute approximate surface area is 269 Å². The van der Waals surface area contributed by atoms with Crippen LogP contribution in [0.1, 0.15) is 13.7 Å². The van der Waals surface area contributed by atoms with Gasteiger partial charge in [-0.25, -0.2) is 0 Å². The Morgan fingerprint density at radius 1 is 0.341 bits per heavy atom. The summed E-state index contributed by atoms with van der Waals surface area (Å²) in [5.74, 6) is 0. The summed E-state index contributed by atoms with van der Waals surface area (Å²) < 4.78 is 93.8. The zero-order valence-corrected chi connectivity index (χ0v) is 23.3. The molecule has 0 saturated heterocycles. The molecule has 0 saturated carbocycles. The molecule has 0 bridgehead atoms. The van der Waals surface area contributed by atoms with Crippen molar-refractivity contribution in [3.8, 4) is 33.6 Å². The van der Waals surface area contributed by atoms with Gasteiger partial charge in [0.05, 0.1) is 35.8 Å². The second-order valence-corrected chi connectivity index (χ2v) is 10.6. The summed E-state index contributed by atoms with van der Waals surface area (Å²) >= 11 is 0. The first kappa shape index (κ1) is 16.7. The highest BCUT2D eigenvalue weighted by Gasteiger charge is 2.20. The van der Waals surface area contributed by atoms with Crippen LogP contribution in [0.5, 0.6) is 0 Å². The quantitative estimate of drug-likeness (QED) is 0.199. The smallest absolute Gasteiger partial charge is 0.0646 e. The maximum atomic E-state index is 9.58. The van der Waals surface area contributed by atoms with Crippen molar-refractivity contribution in [2.45, 2.75) is 0 Å². The van der Waals surface area contributed by atoms with Crippen molar-refractivity contribution in [2.75, 3.05) is 0 Å². The molecule has 0 spiro atoms. The van der Waals surface area contributed by atoms with Crippen molar-refractivity contribution in [3.63, 3.8) is 0 Å². The predicted octanol–water partition coefficient (Wildman–Crippen LogP) is 11.2. The first-order valence-corrected chi connectivity index (χ1v) is 14.3. The number of nitrogens with zero attached hydrogens (tertiary/aromatic N) is 2. The second-order valence-electron chi connectivity index (χ2n) is 10.6. The molecule has 0 amide bonds. The van der Waals surface area contributed by atoms with Crippen LogP contribution in [0, 0.1) is 0 Å². The van der Waals surface area contributed by atoms with E-state index in [2.05, 4.69) is 0 Å². The minimum absolute atomic E-state index is 0.0903. The molecule has 2 heterocycles. The molecule has 2 nitrogen and oxygen atoms in total. The number of para-hydroxylation sites is 2. The number of aromatic nitrogens is 2. The third-order valence-corrected chi connectivity index (χ3v) is 8.22. The van der Waals surface area contributed by atoms with E-state index in [9.17, 15) is 5.48 Å². The summed E-state index contributed by atoms with van der Waals surface area (Å²) in [7, 11) is 0. The lowest BCUT2D eigenvalue weighted by Crippen LogP contribution is -1.95. The van der Waals surface area contributed by atoms with Crippen LogP contribution < -0.4 is 0 Å². The molecular formula is C42H28N2. The molecule has 2 heteroatoms. The maximum Gasteiger partial charge on any atom is 0.0646 e. The average molecular weight is 571 g/mol. The molecule has 0 aliphatic carbocycles. The minimum Gasteiger partial charge on any atom is -0.309 e. The largest absolute Gasteiger partial charge is 0.309 e. The number of fused-ring (bicyclic) bond motifs is 7. The molecule has 0 N–H and O–H groups in total. The van der Waals surface area contributed by atoms with Gasteiger partial charge >= 0.3 is 0 Å². The Morgan fingerprint density at radius 3 is 1.11 bits per heavy atom. The van der Waals surface area contributed by atoms with Crippen molar-refractivity contribution >= 4 is 43.6 Å².